The molecule has 0 spiro atoms. The molecule has 0 saturated carbocycles. The highest BCUT2D eigenvalue weighted by atomic mass is 16.6. The van der Waals surface area contributed by atoms with Crippen molar-refractivity contribution in [2.45, 2.75) is 58.3 Å². The van der Waals surface area contributed by atoms with E-state index >= 15 is 0 Å². The summed E-state index contributed by atoms with van der Waals surface area (Å²) in [5.41, 5.74) is 1.39. The molecule has 0 bridgehead atoms. The molecule has 0 atom stereocenters. The van der Waals surface area contributed by atoms with Crippen LogP contribution in [0.25, 0.3) is 0 Å². The van der Waals surface area contributed by atoms with E-state index in [1.807, 2.05) is 7.05 Å². The predicted octanol–water partition coefficient (Wildman–Crippen LogP) is 4.66. The van der Waals surface area contributed by atoms with Gasteiger partial charge < -0.3 is 33.7 Å². The lowest BCUT2D eigenvalue weighted by atomic mass is 10.0. The Bertz CT molecular complexity index is 543. The van der Waals surface area contributed by atoms with Crippen molar-refractivity contribution in [3.05, 3.63) is 29.8 Å². The Morgan fingerprint density at radius 3 is 1.51 bits per heavy atom. The molecule has 0 unspecified atom stereocenters. The highest BCUT2D eigenvalue weighted by Crippen LogP contribution is 2.15. The summed E-state index contributed by atoms with van der Waals surface area (Å²) in [5, 5.41) is 3.03. The molecule has 0 radical (unpaired) electrons. The van der Waals surface area contributed by atoms with Crippen LogP contribution in [0.2, 0.25) is 0 Å². The van der Waals surface area contributed by atoms with Crippen molar-refractivity contribution in [2.75, 3.05) is 86.3 Å². The molecular weight excluding hydrogens is 446 g/mol. The average molecular weight is 498 g/mol. The normalized spacial score (nSPS) is 11.3. The van der Waals surface area contributed by atoms with Crippen LogP contribution in [-0.2, 0) is 30.1 Å². The van der Waals surface area contributed by atoms with Crippen molar-refractivity contribution >= 4 is 0 Å². The van der Waals surface area contributed by atoms with E-state index in [2.05, 4.69) is 36.5 Å². The molecule has 204 valence electrons. The van der Waals surface area contributed by atoms with E-state index in [0.717, 1.165) is 18.7 Å². The summed E-state index contributed by atoms with van der Waals surface area (Å²) < 4.78 is 33.1. The Labute approximate surface area is 214 Å². The molecule has 1 N–H and O–H groups in total. The van der Waals surface area contributed by atoms with Gasteiger partial charge in [0.15, 0.2) is 0 Å². The van der Waals surface area contributed by atoms with Crippen LogP contribution in [0.4, 0.5) is 0 Å². The predicted molar refractivity (Wildman–Crippen MR) is 142 cm³/mol. The van der Waals surface area contributed by atoms with Gasteiger partial charge in [0.2, 0.25) is 0 Å². The number of aryl methyl sites for hydroxylation is 1. The number of unbranched alkanes of at least 4 members (excludes halogenated alkanes) is 6. The number of nitrogens with one attached hydrogen (secondary N) is 1. The van der Waals surface area contributed by atoms with E-state index in [4.69, 9.17) is 28.4 Å². The third-order valence-electron chi connectivity index (χ3n) is 5.47. The first-order valence-corrected chi connectivity index (χ1v) is 13.6. The van der Waals surface area contributed by atoms with Gasteiger partial charge in [0.05, 0.1) is 66.1 Å². The minimum Gasteiger partial charge on any atom is -0.491 e. The lowest BCUT2D eigenvalue weighted by Crippen LogP contribution is -2.17. The van der Waals surface area contributed by atoms with Crippen molar-refractivity contribution in [2.24, 2.45) is 0 Å². The van der Waals surface area contributed by atoms with Crippen LogP contribution in [0.3, 0.4) is 0 Å². The van der Waals surface area contributed by atoms with Crippen molar-refractivity contribution in [1.82, 2.24) is 5.32 Å². The Kier molecular flexibility index (Phi) is 23.5. The maximum Gasteiger partial charge on any atom is 0.119 e. The fourth-order valence-corrected chi connectivity index (χ4v) is 3.41. The topological polar surface area (TPSA) is 67.4 Å². The van der Waals surface area contributed by atoms with Gasteiger partial charge in [-0.3, -0.25) is 0 Å². The lowest BCUT2D eigenvalue weighted by Gasteiger charge is -2.09. The first-order valence-electron chi connectivity index (χ1n) is 13.6. The summed E-state index contributed by atoms with van der Waals surface area (Å²) in [5.74, 6) is 0.899. The second kappa shape index (κ2) is 25.9. The van der Waals surface area contributed by atoms with Crippen LogP contribution in [0.1, 0.15) is 57.4 Å². The van der Waals surface area contributed by atoms with E-state index in [1.165, 1.54) is 50.5 Å². The SMILES string of the molecule is CCCCCCCCCc1ccc(OCCOCCOCCOCCOCCOCCNC)cc1. The van der Waals surface area contributed by atoms with E-state index in [0.29, 0.717) is 72.7 Å². The standard InChI is InChI=1S/C28H51NO6/c1-3-4-5-6-7-8-9-10-27-11-13-28(14-12-27)35-26-25-34-24-23-33-22-21-32-20-19-31-18-17-30-16-15-29-2/h11-14,29H,3-10,15-26H2,1-2H3. The first-order chi connectivity index (χ1) is 17.4. The molecule has 7 heteroatoms. The quantitative estimate of drug-likeness (QED) is 0.177. The summed E-state index contributed by atoms with van der Waals surface area (Å²) in [6.45, 7) is 9.47. The second-order valence-electron chi connectivity index (χ2n) is 8.53. The van der Waals surface area contributed by atoms with Gasteiger partial charge in [-0.25, -0.2) is 0 Å². The lowest BCUT2D eigenvalue weighted by molar-refractivity contribution is -0.0124. The second-order valence-corrected chi connectivity index (χ2v) is 8.53. The Hall–Kier alpha value is -1.22. The van der Waals surface area contributed by atoms with Crippen molar-refractivity contribution < 1.29 is 28.4 Å². The molecule has 0 saturated heterocycles. The molecule has 1 aromatic carbocycles. The molecule has 1 aromatic rings. The Balaban J connectivity index is 1.81. The monoisotopic (exact) mass is 497 g/mol. The summed E-state index contributed by atoms with van der Waals surface area (Å²) in [6, 6.07) is 8.47. The molecule has 0 aliphatic heterocycles. The summed E-state index contributed by atoms with van der Waals surface area (Å²) in [6.07, 6.45) is 10.6. The molecule has 0 aliphatic rings. The van der Waals surface area contributed by atoms with Crippen molar-refractivity contribution in [3.63, 3.8) is 0 Å². The van der Waals surface area contributed by atoms with Crippen LogP contribution in [0, 0.1) is 0 Å². The number of rotatable bonds is 27. The van der Waals surface area contributed by atoms with Crippen LogP contribution < -0.4 is 10.1 Å². The molecule has 0 aliphatic carbocycles. The fourth-order valence-electron chi connectivity index (χ4n) is 3.41. The van der Waals surface area contributed by atoms with Crippen molar-refractivity contribution in [1.29, 1.82) is 0 Å². The highest BCUT2D eigenvalue weighted by molar-refractivity contribution is 5.27. The zero-order chi connectivity index (χ0) is 25.1. The number of hydrogen-bond acceptors (Lipinski definition) is 7. The molecular formula is C28H51NO6. The third kappa shape index (κ3) is 21.8. The minimum atomic E-state index is 0.542. The summed E-state index contributed by atoms with van der Waals surface area (Å²) >= 11 is 0. The minimum absolute atomic E-state index is 0.542. The molecule has 1 rings (SSSR count). The van der Waals surface area contributed by atoms with Gasteiger partial charge >= 0.3 is 0 Å². The van der Waals surface area contributed by atoms with Crippen LogP contribution in [0.5, 0.6) is 5.75 Å². The fraction of sp³-hybridized carbons (Fsp3) is 0.786. The van der Waals surface area contributed by atoms with Gasteiger partial charge in [-0.15, -0.1) is 0 Å². The van der Waals surface area contributed by atoms with Gasteiger partial charge in [0.25, 0.3) is 0 Å². The molecule has 0 amide bonds. The van der Waals surface area contributed by atoms with Gasteiger partial charge in [-0.1, -0.05) is 57.6 Å². The maximum absolute atomic E-state index is 5.76. The van der Waals surface area contributed by atoms with Gasteiger partial charge in [-0.2, -0.15) is 0 Å². The maximum atomic E-state index is 5.76. The molecule has 0 aromatic heterocycles. The summed E-state index contributed by atoms with van der Waals surface area (Å²) in [7, 11) is 1.90. The number of likely N-dealkylation sites (N-methyl/N-ethyl adjacent to an activating group) is 1. The van der Waals surface area contributed by atoms with Gasteiger partial charge in [0.1, 0.15) is 12.4 Å². The molecule has 35 heavy (non-hydrogen) atoms. The van der Waals surface area contributed by atoms with Crippen LogP contribution in [-0.4, -0.2) is 86.3 Å². The van der Waals surface area contributed by atoms with E-state index in [1.54, 1.807) is 0 Å². The zero-order valence-electron chi connectivity index (χ0n) is 22.4. The number of ether oxygens (including phenoxy) is 6. The largest absolute Gasteiger partial charge is 0.491 e. The van der Waals surface area contributed by atoms with Gasteiger partial charge in [-0.05, 0) is 37.6 Å². The number of benzene rings is 1. The van der Waals surface area contributed by atoms with E-state index < -0.39 is 0 Å². The smallest absolute Gasteiger partial charge is 0.119 e. The molecule has 0 heterocycles. The van der Waals surface area contributed by atoms with Crippen LogP contribution in [0.15, 0.2) is 24.3 Å². The van der Waals surface area contributed by atoms with Gasteiger partial charge in [0, 0.05) is 6.54 Å². The molecule has 0 fully saturated rings. The van der Waals surface area contributed by atoms with Crippen LogP contribution >= 0.6 is 0 Å². The zero-order valence-corrected chi connectivity index (χ0v) is 22.4. The van der Waals surface area contributed by atoms with E-state index in [-0.39, 0.29) is 0 Å². The third-order valence-corrected chi connectivity index (χ3v) is 5.47. The Morgan fingerprint density at radius 1 is 0.543 bits per heavy atom. The molecule has 7 nitrogen and oxygen atoms in total. The highest BCUT2D eigenvalue weighted by Gasteiger charge is 1.98. The van der Waals surface area contributed by atoms with Crippen molar-refractivity contribution in [3.8, 4) is 5.75 Å². The average Bonchev–Trinajstić information content (AvgIpc) is 2.88. The first kappa shape index (κ1) is 31.8. The Morgan fingerprint density at radius 2 is 1.00 bits per heavy atom. The van der Waals surface area contributed by atoms with E-state index in [9.17, 15) is 0 Å². The number of hydrogen-bond donors (Lipinski definition) is 1. The summed E-state index contributed by atoms with van der Waals surface area (Å²) in [4.78, 5) is 0.